The summed E-state index contributed by atoms with van der Waals surface area (Å²) in [4.78, 5) is 11.4. The highest BCUT2D eigenvalue weighted by Gasteiger charge is 2.34. The van der Waals surface area contributed by atoms with E-state index in [0.29, 0.717) is 6.07 Å². The third-order valence-electron chi connectivity index (χ3n) is 2.03. The molecule has 9 heteroatoms. The van der Waals surface area contributed by atoms with Crippen LogP contribution in [0.4, 0.5) is 18.9 Å². The van der Waals surface area contributed by atoms with Crippen LogP contribution in [0.25, 0.3) is 0 Å². The summed E-state index contributed by atoms with van der Waals surface area (Å²) >= 11 is 5.48. The van der Waals surface area contributed by atoms with E-state index in [1.165, 1.54) is 6.07 Å². The molecule has 0 unspecified atom stereocenters. The van der Waals surface area contributed by atoms with Crippen LogP contribution >= 0.6 is 11.6 Å². The molecule has 1 aromatic carbocycles. The van der Waals surface area contributed by atoms with E-state index >= 15 is 0 Å². The lowest BCUT2D eigenvalue weighted by molar-refractivity contribution is -0.137. The average molecular weight is 296 g/mol. The second-order valence-electron chi connectivity index (χ2n) is 3.50. The van der Waals surface area contributed by atoms with Crippen molar-refractivity contribution in [3.05, 3.63) is 28.8 Å². The molecule has 0 radical (unpaired) electrons. The number of carbonyl (C=O) groups excluding carboxylic acids is 1. The molecular weight excluding hydrogens is 287 g/mol. The highest BCUT2D eigenvalue weighted by Crippen LogP contribution is 2.36. The van der Waals surface area contributed by atoms with Crippen LogP contribution in [0.5, 0.6) is 0 Å². The van der Waals surface area contributed by atoms with Crippen molar-refractivity contribution in [2.75, 3.05) is 5.32 Å². The second-order valence-corrected chi connectivity index (χ2v) is 3.94. The molecule has 0 atom stereocenters. The van der Waals surface area contributed by atoms with Gasteiger partial charge >= 0.3 is 6.18 Å². The van der Waals surface area contributed by atoms with Gasteiger partial charge in [0.05, 0.1) is 17.7 Å². The van der Waals surface area contributed by atoms with E-state index in [9.17, 15) is 18.0 Å². The summed E-state index contributed by atoms with van der Waals surface area (Å²) in [6.07, 6.45) is -5.19. The SMILES string of the molecule is N/C(CC(=O)Nc1ccc(Cl)cc1C(F)(F)F)=N\O. The number of hydrogen-bond donors (Lipinski definition) is 3. The van der Waals surface area contributed by atoms with Crippen molar-refractivity contribution < 1.29 is 23.2 Å². The third kappa shape index (κ3) is 4.32. The number of oxime groups is 1. The number of nitrogens with one attached hydrogen (secondary N) is 1. The number of benzene rings is 1. The predicted molar refractivity (Wildman–Crippen MR) is 63.1 cm³/mol. The van der Waals surface area contributed by atoms with Gasteiger partial charge in [-0.3, -0.25) is 4.79 Å². The van der Waals surface area contributed by atoms with E-state index in [4.69, 9.17) is 22.5 Å². The van der Waals surface area contributed by atoms with Gasteiger partial charge in [-0.2, -0.15) is 13.2 Å². The Hall–Kier alpha value is -1.96. The first-order valence-electron chi connectivity index (χ1n) is 4.87. The van der Waals surface area contributed by atoms with Crippen molar-refractivity contribution in [3.8, 4) is 0 Å². The molecule has 19 heavy (non-hydrogen) atoms. The molecule has 0 fully saturated rings. The number of alkyl halides is 3. The zero-order valence-electron chi connectivity index (χ0n) is 9.33. The Bertz CT molecular complexity index is 517. The Kier molecular flexibility index (Phi) is 4.60. The van der Waals surface area contributed by atoms with Crippen molar-refractivity contribution in [1.82, 2.24) is 0 Å². The molecular formula is C10H9ClF3N3O2. The van der Waals surface area contributed by atoms with Crippen molar-refractivity contribution in [1.29, 1.82) is 0 Å². The number of amides is 1. The number of amidine groups is 1. The van der Waals surface area contributed by atoms with E-state index in [1.807, 2.05) is 5.32 Å². The fourth-order valence-electron chi connectivity index (χ4n) is 1.25. The van der Waals surface area contributed by atoms with Gasteiger partial charge in [0.1, 0.15) is 5.84 Å². The fourth-order valence-corrected chi connectivity index (χ4v) is 1.43. The van der Waals surface area contributed by atoms with Crippen molar-refractivity contribution in [2.24, 2.45) is 10.9 Å². The molecule has 0 aromatic heterocycles. The molecule has 1 rings (SSSR count). The molecule has 104 valence electrons. The fraction of sp³-hybridized carbons (Fsp3) is 0.200. The molecule has 0 heterocycles. The van der Waals surface area contributed by atoms with Crippen LogP contribution in [-0.4, -0.2) is 17.0 Å². The maximum absolute atomic E-state index is 12.7. The number of carbonyl (C=O) groups is 1. The van der Waals surface area contributed by atoms with Crippen LogP contribution < -0.4 is 11.1 Å². The van der Waals surface area contributed by atoms with Crippen molar-refractivity contribution in [3.63, 3.8) is 0 Å². The first-order chi connectivity index (χ1) is 8.74. The van der Waals surface area contributed by atoms with Crippen LogP contribution in [-0.2, 0) is 11.0 Å². The lowest BCUT2D eigenvalue weighted by Gasteiger charge is -2.13. The standard InChI is InChI=1S/C10H9ClF3N3O2/c11-5-1-2-7(6(3-5)10(12,13)14)16-9(18)4-8(15)17-19/h1-3,19H,4H2,(H2,15,17)(H,16,18). The number of halogens is 4. The molecule has 0 saturated carbocycles. The third-order valence-corrected chi connectivity index (χ3v) is 2.27. The molecule has 1 amide bonds. The molecule has 0 aliphatic rings. The van der Waals surface area contributed by atoms with Crippen LogP contribution in [0.3, 0.4) is 0 Å². The quantitative estimate of drug-likeness (QED) is 0.346. The van der Waals surface area contributed by atoms with Gasteiger partial charge in [0.15, 0.2) is 0 Å². The molecule has 0 aliphatic heterocycles. The Balaban J connectivity index is 2.99. The van der Waals surface area contributed by atoms with Crippen molar-refractivity contribution >= 4 is 29.0 Å². The summed E-state index contributed by atoms with van der Waals surface area (Å²) in [6.45, 7) is 0. The molecule has 0 bridgehead atoms. The number of hydrogen-bond acceptors (Lipinski definition) is 3. The van der Waals surface area contributed by atoms with E-state index in [2.05, 4.69) is 5.16 Å². The molecule has 0 spiro atoms. The zero-order valence-corrected chi connectivity index (χ0v) is 10.1. The second kappa shape index (κ2) is 5.79. The lowest BCUT2D eigenvalue weighted by Crippen LogP contribution is -2.23. The van der Waals surface area contributed by atoms with Gasteiger partial charge in [0, 0.05) is 5.02 Å². The Morgan fingerprint density at radius 1 is 1.47 bits per heavy atom. The maximum atomic E-state index is 12.7. The van der Waals surface area contributed by atoms with E-state index in [1.54, 1.807) is 0 Å². The van der Waals surface area contributed by atoms with Crippen molar-refractivity contribution in [2.45, 2.75) is 12.6 Å². The number of rotatable bonds is 3. The van der Waals surface area contributed by atoms with Crippen LogP contribution in [0.2, 0.25) is 5.02 Å². The maximum Gasteiger partial charge on any atom is 0.418 e. The molecule has 4 N–H and O–H groups in total. The van der Waals surface area contributed by atoms with E-state index in [-0.39, 0.29) is 5.02 Å². The number of anilines is 1. The highest BCUT2D eigenvalue weighted by atomic mass is 35.5. The smallest absolute Gasteiger partial charge is 0.409 e. The first-order valence-corrected chi connectivity index (χ1v) is 5.25. The Morgan fingerprint density at radius 2 is 2.11 bits per heavy atom. The van der Waals surface area contributed by atoms with Gasteiger partial charge in [-0.15, -0.1) is 0 Å². The average Bonchev–Trinajstić information content (AvgIpc) is 2.29. The predicted octanol–water partition coefficient (Wildman–Crippen LogP) is 2.43. The first kappa shape index (κ1) is 15.1. The summed E-state index contributed by atoms with van der Waals surface area (Å²) in [5.41, 5.74) is 3.54. The van der Waals surface area contributed by atoms with E-state index in [0.717, 1.165) is 6.07 Å². The van der Waals surface area contributed by atoms with Gasteiger partial charge in [-0.25, -0.2) is 0 Å². The number of nitrogens with zero attached hydrogens (tertiary/aromatic N) is 1. The van der Waals surface area contributed by atoms with Gasteiger partial charge in [0.2, 0.25) is 5.91 Å². The van der Waals surface area contributed by atoms with Gasteiger partial charge in [0.25, 0.3) is 0 Å². The monoisotopic (exact) mass is 295 g/mol. The topological polar surface area (TPSA) is 87.7 Å². The number of nitrogens with two attached hydrogens (primary N) is 1. The van der Waals surface area contributed by atoms with Gasteiger partial charge < -0.3 is 16.3 Å². The van der Waals surface area contributed by atoms with Crippen LogP contribution in [0.15, 0.2) is 23.4 Å². The summed E-state index contributed by atoms with van der Waals surface area (Å²) in [6, 6.07) is 2.92. The molecule has 1 aromatic rings. The Morgan fingerprint density at radius 3 is 2.63 bits per heavy atom. The molecule has 0 saturated heterocycles. The van der Waals surface area contributed by atoms with Gasteiger partial charge in [-0.05, 0) is 18.2 Å². The minimum absolute atomic E-state index is 0.109. The van der Waals surface area contributed by atoms with Crippen LogP contribution in [0, 0.1) is 0 Å². The van der Waals surface area contributed by atoms with E-state index < -0.39 is 35.6 Å². The summed E-state index contributed by atoms with van der Waals surface area (Å²) in [5.74, 6) is -1.26. The summed E-state index contributed by atoms with van der Waals surface area (Å²) in [5, 5.41) is 12.7. The zero-order chi connectivity index (χ0) is 14.6. The lowest BCUT2D eigenvalue weighted by atomic mass is 10.1. The minimum atomic E-state index is -4.66. The molecule has 0 aliphatic carbocycles. The molecule has 5 nitrogen and oxygen atoms in total. The summed E-state index contributed by atoms with van der Waals surface area (Å²) < 4.78 is 38.1. The summed E-state index contributed by atoms with van der Waals surface area (Å²) in [7, 11) is 0. The van der Waals surface area contributed by atoms with Gasteiger partial charge in [-0.1, -0.05) is 16.8 Å². The van der Waals surface area contributed by atoms with Crippen LogP contribution in [0.1, 0.15) is 12.0 Å². The minimum Gasteiger partial charge on any atom is -0.409 e. The normalized spacial score (nSPS) is 12.3. The Labute approximate surface area is 110 Å². The largest absolute Gasteiger partial charge is 0.418 e. The highest BCUT2D eigenvalue weighted by molar-refractivity contribution is 6.30.